The number of ether oxygens (including phenoxy) is 2. The van der Waals surface area contributed by atoms with Crippen molar-refractivity contribution in [2.75, 3.05) is 7.11 Å². The molecule has 3 aromatic rings. The van der Waals surface area contributed by atoms with Crippen molar-refractivity contribution in [1.82, 2.24) is 9.88 Å². The first-order valence-corrected chi connectivity index (χ1v) is 11.2. The molecule has 2 N–H and O–H groups in total. The van der Waals surface area contributed by atoms with Crippen LogP contribution in [0.25, 0.3) is 5.76 Å². The number of carbonyl (C=O) groups is 2. The maximum Gasteiger partial charge on any atom is 0.295 e. The first-order chi connectivity index (χ1) is 16.9. The van der Waals surface area contributed by atoms with Crippen LogP contribution in [0, 0.1) is 0 Å². The number of hydrogen-bond donors (Lipinski definition) is 2. The number of carbonyl (C=O) groups excluding carboxylic acids is 2. The van der Waals surface area contributed by atoms with E-state index in [1.807, 2.05) is 13.0 Å². The molecular formula is C27H24N2O6. The van der Waals surface area contributed by atoms with E-state index in [0.717, 1.165) is 16.9 Å². The number of aromatic nitrogens is 1. The number of benzene rings is 2. The summed E-state index contributed by atoms with van der Waals surface area (Å²) in [5.74, 6) is -0.923. The SMILES string of the molecule is COc1cc(C2C(=C(O)c3ccc4c(c3)CC(C)O4)C(=O)C(=O)N2Cc2cccnc2)ccc1O. The predicted octanol–water partition coefficient (Wildman–Crippen LogP) is 3.74. The molecule has 8 nitrogen and oxygen atoms in total. The predicted molar refractivity (Wildman–Crippen MR) is 127 cm³/mol. The Morgan fingerprint density at radius 3 is 2.77 bits per heavy atom. The minimum Gasteiger partial charge on any atom is -0.507 e. The van der Waals surface area contributed by atoms with E-state index in [4.69, 9.17) is 9.47 Å². The third-order valence-corrected chi connectivity index (χ3v) is 6.30. The number of aliphatic hydroxyl groups is 1. The minimum atomic E-state index is -0.895. The van der Waals surface area contributed by atoms with E-state index in [-0.39, 0.29) is 35.5 Å². The monoisotopic (exact) mass is 472 g/mol. The fourth-order valence-electron chi connectivity index (χ4n) is 4.67. The molecular weight excluding hydrogens is 448 g/mol. The Morgan fingerprint density at radius 1 is 1.20 bits per heavy atom. The number of fused-ring (bicyclic) bond motifs is 1. The molecule has 2 aliphatic heterocycles. The molecule has 2 aromatic carbocycles. The minimum absolute atomic E-state index is 0.0249. The van der Waals surface area contributed by atoms with Crippen LogP contribution < -0.4 is 9.47 Å². The quantitative estimate of drug-likeness (QED) is 0.331. The largest absolute Gasteiger partial charge is 0.507 e. The number of amides is 1. The molecule has 1 aromatic heterocycles. The zero-order valence-corrected chi connectivity index (χ0v) is 19.3. The van der Waals surface area contributed by atoms with Gasteiger partial charge in [0.05, 0.1) is 18.7 Å². The van der Waals surface area contributed by atoms with Crippen LogP contribution in [0.1, 0.15) is 35.2 Å². The van der Waals surface area contributed by atoms with Crippen LogP contribution in [-0.4, -0.2) is 45.0 Å². The zero-order valence-electron chi connectivity index (χ0n) is 19.3. The summed E-state index contributed by atoms with van der Waals surface area (Å²) < 4.78 is 11.0. The van der Waals surface area contributed by atoms with Gasteiger partial charge >= 0.3 is 0 Å². The van der Waals surface area contributed by atoms with Crippen LogP contribution in [0.5, 0.6) is 17.2 Å². The molecule has 0 saturated carbocycles. The lowest BCUT2D eigenvalue weighted by Gasteiger charge is -2.25. The number of Topliss-reactive ketones (excluding diaryl/α,β-unsaturated/α-hetero) is 1. The van der Waals surface area contributed by atoms with E-state index in [0.29, 0.717) is 17.5 Å². The summed E-state index contributed by atoms with van der Waals surface area (Å²) in [7, 11) is 1.42. The highest BCUT2D eigenvalue weighted by Crippen LogP contribution is 2.43. The van der Waals surface area contributed by atoms with E-state index < -0.39 is 17.7 Å². The van der Waals surface area contributed by atoms with Gasteiger partial charge in [0.2, 0.25) is 0 Å². The summed E-state index contributed by atoms with van der Waals surface area (Å²) in [5.41, 5.74) is 2.57. The van der Waals surface area contributed by atoms with Crippen molar-refractivity contribution in [3.63, 3.8) is 0 Å². The van der Waals surface area contributed by atoms with Gasteiger partial charge in [0, 0.05) is 30.9 Å². The molecule has 8 heteroatoms. The lowest BCUT2D eigenvalue weighted by Crippen LogP contribution is -2.29. The maximum absolute atomic E-state index is 13.3. The molecule has 1 amide bonds. The number of methoxy groups -OCH3 is 1. The number of hydrogen-bond acceptors (Lipinski definition) is 7. The second kappa shape index (κ2) is 8.79. The van der Waals surface area contributed by atoms with Crippen LogP contribution in [-0.2, 0) is 22.6 Å². The van der Waals surface area contributed by atoms with Gasteiger partial charge in [-0.3, -0.25) is 14.6 Å². The fourth-order valence-corrected chi connectivity index (χ4v) is 4.67. The Morgan fingerprint density at radius 2 is 2.03 bits per heavy atom. The highest BCUT2D eigenvalue weighted by Gasteiger charge is 2.46. The number of nitrogens with zero attached hydrogens (tertiary/aromatic N) is 2. The normalized spacial score (nSPS) is 20.6. The summed E-state index contributed by atoms with van der Waals surface area (Å²) in [6, 6.07) is 12.5. The Bertz CT molecular complexity index is 1350. The molecule has 2 unspecified atom stereocenters. The number of likely N-dealkylation sites (tertiary alicyclic amines) is 1. The van der Waals surface area contributed by atoms with E-state index in [9.17, 15) is 19.8 Å². The van der Waals surface area contributed by atoms with E-state index in [2.05, 4.69) is 4.98 Å². The van der Waals surface area contributed by atoms with Crippen LogP contribution in [0.4, 0.5) is 0 Å². The number of phenolic OH excluding ortho intramolecular Hbond substituents is 1. The van der Waals surface area contributed by atoms with Crippen molar-refractivity contribution in [2.45, 2.75) is 32.0 Å². The van der Waals surface area contributed by atoms with E-state index in [1.54, 1.807) is 48.8 Å². The standard InChI is InChI=1S/C27H24N2O6/c1-15-10-19-11-18(6-8-21(19)35-15)25(31)23-24(17-5-7-20(30)22(12-17)34-2)29(27(33)26(23)32)14-16-4-3-9-28-13-16/h3-9,11-13,15,24,30-31H,10,14H2,1-2H3. The molecule has 1 fully saturated rings. The molecule has 0 bridgehead atoms. The number of ketones is 1. The van der Waals surface area contributed by atoms with Gasteiger partial charge in [-0.1, -0.05) is 12.1 Å². The van der Waals surface area contributed by atoms with Crippen molar-refractivity contribution in [3.05, 3.63) is 88.8 Å². The molecule has 35 heavy (non-hydrogen) atoms. The van der Waals surface area contributed by atoms with Crippen molar-refractivity contribution >= 4 is 17.4 Å². The molecule has 0 radical (unpaired) electrons. The van der Waals surface area contributed by atoms with Gasteiger partial charge in [0.25, 0.3) is 11.7 Å². The third kappa shape index (κ3) is 3.97. The number of aliphatic hydroxyl groups excluding tert-OH is 1. The highest BCUT2D eigenvalue weighted by atomic mass is 16.5. The molecule has 0 spiro atoms. The lowest BCUT2D eigenvalue weighted by molar-refractivity contribution is -0.140. The van der Waals surface area contributed by atoms with Crippen molar-refractivity contribution in [3.8, 4) is 17.2 Å². The first-order valence-electron chi connectivity index (χ1n) is 11.2. The van der Waals surface area contributed by atoms with Crippen molar-refractivity contribution < 1.29 is 29.3 Å². The Kier molecular flexibility index (Phi) is 5.64. The first kappa shape index (κ1) is 22.5. The topological polar surface area (TPSA) is 109 Å². The average molecular weight is 472 g/mol. The summed E-state index contributed by atoms with van der Waals surface area (Å²) in [6.07, 6.45) is 3.95. The number of pyridine rings is 1. The smallest absolute Gasteiger partial charge is 0.295 e. The fraction of sp³-hybridized carbons (Fsp3) is 0.222. The van der Waals surface area contributed by atoms with Gasteiger partial charge in [0.1, 0.15) is 17.6 Å². The summed E-state index contributed by atoms with van der Waals surface area (Å²) in [4.78, 5) is 32.0. The number of rotatable bonds is 5. The Hall–Kier alpha value is -4.33. The second-order valence-electron chi connectivity index (χ2n) is 8.67. The van der Waals surface area contributed by atoms with Gasteiger partial charge in [-0.15, -0.1) is 0 Å². The molecule has 2 aliphatic rings. The molecule has 2 atom stereocenters. The van der Waals surface area contributed by atoms with E-state index >= 15 is 0 Å². The van der Waals surface area contributed by atoms with Crippen LogP contribution >= 0.6 is 0 Å². The van der Waals surface area contributed by atoms with Gasteiger partial charge in [0.15, 0.2) is 11.5 Å². The Balaban J connectivity index is 1.65. The third-order valence-electron chi connectivity index (χ3n) is 6.30. The average Bonchev–Trinajstić information content (AvgIpc) is 3.35. The second-order valence-corrected chi connectivity index (χ2v) is 8.67. The number of aromatic hydroxyl groups is 1. The van der Waals surface area contributed by atoms with Crippen LogP contribution in [0.2, 0.25) is 0 Å². The molecule has 5 rings (SSSR count). The summed E-state index contributed by atoms with van der Waals surface area (Å²) >= 11 is 0. The number of phenols is 1. The molecule has 0 aliphatic carbocycles. The zero-order chi connectivity index (χ0) is 24.7. The van der Waals surface area contributed by atoms with Crippen LogP contribution in [0.15, 0.2) is 66.5 Å². The van der Waals surface area contributed by atoms with Gasteiger partial charge in [-0.25, -0.2) is 0 Å². The van der Waals surface area contributed by atoms with Gasteiger partial charge in [-0.05, 0) is 60.0 Å². The molecule has 178 valence electrons. The van der Waals surface area contributed by atoms with Crippen molar-refractivity contribution in [2.24, 2.45) is 0 Å². The van der Waals surface area contributed by atoms with Crippen LogP contribution in [0.3, 0.4) is 0 Å². The highest BCUT2D eigenvalue weighted by molar-refractivity contribution is 6.46. The lowest BCUT2D eigenvalue weighted by atomic mass is 9.94. The van der Waals surface area contributed by atoms with Gasteiger partial charge < -0.3 is 24.6 Å². The summed E-state index contributed by atoms with van der Waals surface area (Å²) in [6.45, 7) is 2.07. The molecule has 1 saturated heterocycles. The molecule has 3 heterocycles. The van der Waals surface area contributed by atoms with Crippen molar-refractivity contribution in [1.29, 1.82) is 0 Å². The summed E-state index contributed by atoms with van der Waals surface area (Å²) in [5, 5.41) is 21.4. The van der Waals surface area contributed by atoms with E-state index in [1.165, 1.54) is 18.1 Å². The Labute approximate surface area is 202 Å². The maximum atomic E-state index is 13.3. The van der Waals surface area contributed by atoms with Gasteiger partial charge in [-0.2, -0.15) is 0 Å².